The van der Waals surface area contributed by atoms with Crippen molar-refractivity contribution in [1.82, 2.24) is 15.5 Å². The standard InChI is InChI=1S/C15H23N3O2/c1-15(7-2-3-8-16-15)14(20)18-9-6-12-11(10-18)4-5-13(19)17-12/h16H,2-10H2,1H3,(H,17,19). The van der Waals surface area contributed by atoms with Gasteiger partial charge >= 0.3 is 0 Å². The highest BCUT2D eigenvalue weighted by atomic mass is 16.2. The van der Waals surface area contributed by atoms with E-state index < -0.39 is 5.54 Å². The fraction of sp³-hybridized carbons (Fsp3) is 0.733. The van der Waals surface area contributed by atoms with E-state index in [1.807, 2.05) is 11.8 Å². The molecular weight excluding hydrogens is 254 g/mol. The largest absolute Gasteiger partial charge is 0.337 e. The molecule has 0 aromatic heterocycles. The molecule has 0 radical (unpaired) electrons. The Balaban J connectivity index is 1.70. The van der Waals surface area contributed by atoms with Crippen LogP contribution in [0.1, 0.15) is 45.4 Å². The zero-order valence-corrected chi connectivity index (χ0v) is 12.1. The number of carbonyl (C=O) groups is 2. The van der Waals surface area contributed by atoms with E-state index in [9.17, 15) is 9.59 Å². The molecule has 0 aromatic rings. The van der Waals surface area contributed by atoms with Crippen molar-refractivity contribution in [3.63, 3.8) is 0 Å². The number of amides is 2. The van der Waals surface area contributed by atoms with E-state index in [1.165, 1.54) is 5.57 Å². The molecule has 110 valence electrons. The van der Waals surface area contributed by atoms with Gasteiger partial charge in [0.1, 0.15) is 0 Å². The molecule has 1 atom stereocenters. The van der Waals surface area contributed by atoms with Crippen LogP contribution in [0.15, 0.2) is 11.3 Å². The molecule has 0 saturated carbocycles. The quantitative estimate of drug-likeness (QED) is 0.749. The van der Waals surface area contributed by atoms with Gasteiger partial charge < -0.3 is 15.5 Å². The van der Waals surface area contributed by atoms with Crippen LogP contribution in [-0.4, -0.2) is 41.9 Å². The van der Waals surface area contributed by atoms with Crippen LogP contribution in [-0.2, 0) is 9.59 Å². The topological polar surface area (TPSA) is 61.4 Å². The molecular formula is C15H23N3O2. The van der Waals surface area contributed by atoms with Crippen molar-refractivity contribution in [2.75, 3.05) is 19.6 Å². The molecule has 5 heteroatoms. The van der Waals surface area contributed by atoms with Gasteiger partial charge in [-0.1, -0.05) is 0 Å². The Hall–Kier alpha value is -1.36. The molecule has 5 nitrogen and oxygen atoms in total. The lowest BCUT2D eigenvalue weighted by molar-refractivity contribution is -0.138. The number of carbonyl (C=O) groups excluding carboxylic acids is 2. The number of nitrogens with zero attached hydrogens (tertiary/aromatic N) is 1. The maximum absolute atomic E-state index is 12.8. The van der Waals surface area contributed by atoms with E-state index in [1.54, 1.807) is 0 Å². The Labute approximate surface area is 119 Å². The normalized spacial score (nSPS) is 30.9. The first-order chi connectivity index (χ1) is 9.58. The van der Waals surface area contributed by atoms with Gasteiger partial charge in [0.05, 0.1) is 5.54 Å². The molecule has 20 heavy (non-hydrogen) atoms. The molecule has 3 aliphatic heterocycles. The SMILES string of the molecule is CC1(C(=O)N2CCC3=C(CCC(=O)N3)C2)CCCCN1. The molecule has 3 rings (SSSR count). The first-order valence-electron chi connectivity index (χ1n) is 7.64. The van der Waals surface area contributed by atoms with Crippen molar-refractivity contribution in [3.8, 4) is 0 Å². The first-order valence-corrected chi connectivity index (χ1v) is 7.64. The lowest BCUT2D eigenvalue weighted by Crippen LogP contribution is -2.59. The zero-order chi connectivity index (χ0) is 14.2. The van der Waals surface area contributed by atoms with Crippen LogP contribution in [0.2, 0.25) is 0 Å². The Morgan fingerprint density at radius 3 is 2.85 bits per heavy atom. The Kier molecular flexibility index (Phi) is 3.54. The van der Waals surface area contributed by atoms with Crippen molar-refractivity contribution >= 4 is 11.8 Å². The van der Waals surface area contributed by atoms with Crippen LogP contribution in [0.5, 0.6) is 0 Å². The molecule has 2 N–H and O–H groups in total. The summed E-state index contributed by atoms with van der Waals surface area (Å²) in [6, 6.07) is 0. The predicted molar refractivity (Wildman–Crippen MR) is 75.9 cm³/mol. The van der Waals surface area contributed by atoms with Gasteiger partial charge in [-0.05, 0) is 44.7 Å². The van der Waals surface area contributed by atoms with Crippen molar-refractivity contribution in [2.45, 2.75) is 51.0 Å². The Bertz CT molecular complexity index is 464. The highest BCUT2D eigenvalue weighted by Gasteiger charge is 2.39. The van der Waals surface area contributed by atoms with Gasteiger partial charge in [-0.15, -0.1) is 0 Å². The van der Waals surface area contributed by atoms with E-state index in [2.05, 4.69) is 10.6 Å². The number of piperidine rings is 1. The molecule has 3 heterocycles. The van der Waals surface area contributed by atoms with Crippen molar-refractivity contribution in [3.05, 3.63) is 11.3 Å². The van der Waals surface area contributed by atoms with Gasteiger partial charge in [-0.2, -0.15) is 0 Å². The minimum Gasteiger partial charge on any atom is -0.337 e. The highest BCUT2D eigenvalue weighted by molar-refractivity contribution is 5.87. The summed E-state index contributed by atoms with van der Waals surface area (Å²) in [6.45, 7) is 4.36. The van der Waals surface area contributed by atoms with Crippen LogP contribution in [0.3, 0.4) is 0 Å². The highest BCUT2D eigenvalue weighted by Crippen LogP contribution is 2.27. The summed E-state index contributed by atoms with van der Waals surface area (Å²) >= 11 is 0. The van der Waals surface area contributed by atoms with Crippen molar-refractivity contribution in [2.24, 2.45) is 0 Å². The van der Waals surface area contributed by atoms with Gasteiger partial charge in [-0.25, -0.2) is 0 Å². The summed E-state index contributed by atoms with van der Waals surface area (Å²) < 4.78 is 0. The number of hydrogen-bond acceptors (Lipinski definition) is 3. The van der Waals surface area contributed by atoms with Gasteiger partial charge in [0.2, 0.25) is 11.8 Å². The summed E-state index contributed by atoms with van der Waals surface area (Å²) in [5.74, 6) is 0.338. The number of nitrogens with one attached hydrogen (secondary N) is 2. The van der Waals surface area contributed by atoms with Crippen LogP contribution >= 0.6 is 0 Å². The maximum Gasteiger partial charge on any atom is 0.242 e. The minimum atomic E-state index is -0.395. The van der Waals surface area contributed by atoms with Crippen LogP contribution in [0, 0.1) is 0 Å². The van der Waals surface area contributed by atoms with Crippen LogP contribution in [0.25, 0.3) is 0 Å². The monoisotopic (exact) mass is 277 g/mol. The summed E-state index contributed by atoms with van der Waals surface area (Å²) in [5.41, 5.74) is 1.91. The summed E-state index contributed by atoms with van der Waals surface area (Å²) in [7, 11) is 0. The second-order valence-electron chi connectivity index (χ2n) is 6.32. The van der Waals surface area contributed by atoms with Crippen LogP contribution < -0.4 is 10.6 Å². The van der Waals surface area contributed by atoms with Crippen molar-refractivity contribution in [1.29, 1.82) is 0 Å². The van der Waals surface area contributed by atoms with Crippen molar-refractivity contribution < 1.29 is 9.59 Å². The molecule has 0 bridgehead atoms. The van der Waals surface area contributed by atoms with E-state index in [0.29, 0.717) is 13.0 Å². The summed E-state index contributed by atoms with van der Waals surface area (Å²) in [6.07, 6.45) is 5.33. The maximum atomic E-state index is 12.8. The predicted octanol–water partition coefficient (Wildman–Crippen LogP) is 0.915. The zero-order valence-electron chi connectivity index (χ0n) is 12.1. The average molecular weight is 277 g/mol. The lowest BCUT2D eigenvalue weighted by Gasteiger charge is -2.41. The molecule has 0 spiro atoms. The lowest BCUT2D eigenvalue weighted by atomic mass is 9.88. The molecule has 0 aliphatic carbocycles. The van der Waals surface area contributed by atoms with E-state index in [4.69, 9.17) is 0 Å². The Morgan fingerprint density at radius 1 is 1.25 bits per heavy atom. The second-order valence-corrected chi connectivity index (χ2v) is 6.32. The fourth-order valence-electron chi connectivity index (χ4n) is 3.47. The van der Waals surface area contributed by atoms with E-state index >= 15 is 0 Å². The average Bonchev–Trinajstić information content (AvgIpc) is 2.46. The molecule has 1 unspecified atom stereocenters. The van der Waals surface area contributed by atoms with Gasteiger partial charge in [-0.3, -0.25) is 9.59 Å². The number of hydrogen-bond donors (Lipinski definition) is 2. The first kappa shape index (κ1) is 13.6. The molecule has 1 fully saturated rings. The molecule has 0 aromatic carbocycles. The Morgan fingerprint density at radius 2 is 2.10 bits per heavy atom. The van der Waals surface area contributed by atoms with Gasteiger partial charge in [0, 0.05) is 31.6 Å². The third-order valence-electron chi connectivity index (χ3n) is 4.76. The third-order valence-corrected chi connectivity index (χ3v) is 4.76. The fourth-order valence-corrected chi connectivity index (χ4v) is 3.47. The van der Waals surface area contributed by atoms with E-state index in [-0.39, 0.29) is 11.8 Å². The molecule has 3 aliphatic rings. The molecule has 2 amide bonds. The summed E-state index contributed by atoms with van der Waals surface area (Å²) in [5, 5.41) is 6.35. The van der Waals surface area contributed by atoms with Gasteiger partial charge in [0.15, 0.2) is 0 Å². The minimum absolute atomic E-state index is 0.115. The summed E-state index contributed by atoms with van der Waals surface area (Å²) in [4.78, 5) is 26.1. The number of rotatable bonds is 1. The molecule has 1 saturated heterocycles. The third kappa shape index (κ3) is 2.46. The smallest absolute Gasteiger partial charge is 0.242 e. The van der Waals surface area contributed by atoms with E-state index in [0.717, 1.165) is 50.9 Å². The van der Waals surface area contributed by atoms with Gasteiger partial charge in [0.25, 0.3) is 0 Å². The second kappa shape index (κ2) is 5.20. The van der Waals surface area contributed by atoms with Crippen LogP contribution in [0.4, 0.5) is 0 Å².